The van der Waals surface area contributed by atoms with Crippen molar-refractivity contribution in [3.8, 4) is 0 Å². The van der Waals surface area contributed by atoms with Crippen molar-refractivity contribution in [1.29, 1.82) is 0 Å². The molecule has 0 aliphatic carbocycles. The standard InChI is InChI=1S/C18H29N5O2/c19-17-14-20-16(13-21-17)12-15-2-1-5-23(7-3-15)18(24)4-6-22-8-10-25-11-9-22/h13-15H,1-12H2,(H2,19,21)/t15-/m1/s1. The number of anilines is 1. The van der Waals surface area contributed by atoms with E-state index in [1.54, 1.807) is 12.4 Å². The first kappa shape index (κ1) is 18.1. The zero-order chi connectivity index (χ0) is 17.5. The van der Waals surface area contributed by atoms with Gasteiger partial charge in [-0.05, 0) is 31.6 Å². The smallest absolute Gasteiger partial charge is 0.223 e. The van der Waals surface area contributed by atoms with Crippen LogP contribution in [0.2, 0.25) is 0 Å². The highest BCUT2D eigenvalue weighted by Gasteiger charge is 2.22. The number of hydrogen-bond acceptors (Lipinski definition) is 6. The Bertz CT molecular complexity index is 545. The van der Waals surface area contributed by atoms with Crippen molar-refractivity contribution in [2.45, 2.75) is 32.1 Å². The van der Waals surface area contributed by atoms with Crippen molar-refractivity contribution in [2.75, 3.05) is 51.7 Å². The molecular formula is C18H29N5O2. The number of ether oxygens (including phenoxy) is 1. The number of likely N-dealkylation sites (tertiary alicyclic amines) is 1. The van der Waals surface area contributed by atoms with E-state index in [1.165, 1.54) is 0 Å². The lowest BCUT2D eigenvalue weighted by atomic mass is 9.95. The lowest BCUT2D eigenvalue weighted by Crippen LogP contribution is -2.40. The molecule has 1 aromatic rings. The SMILES string of the molecule is Nc1cnc(C[C@@H]2CCCN(C(=O)CCN3CCOCC3)CC2)cn1. The van der Waals surface area contributed by atoms with Crippen LogP contribution in [-0.4, -0.2) is 71.6 Å². The Balaban J connectivity index is 1.42. The van der Waals surface area contributed by atoms with E-state index in [-0.39, 0.29) is 0 Å². The Morgan fingerprint density at radius 3 is 2.76 bits per heavy atom. The van der Waals surface area contributed by atoms with E-state index in [2.05, 4.69) is 19.8 Å². The monoisotopic (exact) mass is 347 g/mol. The Morgan fingerprint density at radius 2 is 2.00 bits per heavy atom. The number of rotatable bonds is 5. The molecule has 1 atom stereocenters. The first-order chi connectivity index (χ1) is 12.2. The van der Waals surface area contributed by atoms with Gasteiger partial charge in [0.05, 0.1) is 31.3 Å². The normalized spacial score (nSPS) is 22.6. The highest BCUT2D eigenvalue weighted by atomic mass is 16.5. The number of nitrogen functional groups attached to an aromatic ring is 1. The van der Waals surface area contributed by atoms with Crippen LogP contribution in [0.4, 0.5) is 5.82 Å². The quantitative estimate of drug-likeness (QED) is 0.854. The second-order valence-electron chi connectivity index (χ2n) is 7.02. The zero-order valence-corrected chi connectivity index (χ0v) is 14.9. The van der Waals surface area contributed by atoms with Gasteiger partial charge in [-0.3, -0.25) is 14.7 Å². The summed E-state index contributed by atoms with van der Waals surface area (Å²) in [4.78, 5) is 25.4. The molecule has 0 radical (unpaired) electrons. The minimum absolute atomic E-state index is 0.291. The number of carbonyl (C=O) groups is 1. The van der Waals surface area contributed by atoms with E-state index >= 15 is 0 Å². The molecule has 2 aliphatic heterocycles. The summed E-state index contributed by atoms with van der Waals surface area (Å²) in [5.74, 6) is 1.32. The van der Waals surface area contributed by atoms with Gasteiger partial charge >= 0.3 is 0 Å². The molecule has 138 valence electrons. The van der Waals surface area contributed by atoms with Crippen LogP contribution in [0.25, 0.3) is 0 Å². The van der Waals surface area contributed by atoms with Gasteiger partial charge in [0.2, 0.25) is 5.91 Å². The highest BCUT2D eigenvalue weighted by molar-refractivity contribution is 5.76. The summed E-state index contributed by atoms with van der Waals surface area (Å²) in [6, 6.07) is 0. The molecule has 2 fully saturated rings. The van der Waals surface area contributed by atoms with Crippen LogP contribution in [0, 0.1) is 5.92 Å². The molecule has 0 unspecified atom stereocenters. The molecule has 0 aromatic carbocycles. The van der Waals surface area contributed by atoms with Gasteiger partial charge in [-0.25, -0.2) is 4.98 Å². The largest absolute Gasteiger partial charge is 0.382 e. The Kier molecular flexibility index (Phi) is 6.58. The minimum Gasteiger partial charge on any atom is -0.382 e. The average Bonchev–Trinajstić information content (AvgIpc) is 2.88. The third-order valence-corrected chi connectivity index (χ3v) is 5.17. The maximum atomic E-state index is 12.5. The van der Waals surface area contributed by atoms with Crippen LogP contribution < -0.4 is 5.73 Å². The molecule has 2 aliphatic rings. The van der Waals surface area contributed by atoms with Gasteiger partial charge in [-0.1, -0.05) is 0 Å². The number of nitrogens with zero attached hydrogens (tertiary/aromatic N) is 4. The van der Waals surface area contributed by atoms with E-state index in [1.807, 2.05) is 0 Å². The third-order valence-electron chi connectivity index (χ3n) is 5.17. The number of carbonyl (C=O) groups excluding carboxylic acids is 1. The lowest BCUT2D eigenvalue weighted by molar-refractivity contribution is -0.131. The molecular weight excluding hydrogens is 318 g/mol. The van der Waals surface area contributed by atoms with Crippen molar-refractivity contribution in [3.63, 3.8) is 0 Å². The molecule has 7 nitrogen and oxygen atoms in total. The molecule has 2 N–H and O–H groups in total. The van der Waals surface area contributed by atoms with Gasteiger partial charge in [0, 0.05) is 39.1 Å². The summed E-state index contributed by atoms with van der Waals surface area (Å²) in [6.45, 7) is 6.04. The summed E-state index contributed by atoms with van der Waals surface area (Å²) in [5.41, 5.74) is 6.58. The van der Waals surface area contributed by atoms with Gasteiger partial charge in [-0.15, -0.1) is 0 Å². The van der Waals surface area contributed by atoms with Gasteiger partial charge in [0.1, 0.15) is 5.82 Å². The fraction of sp³-hybridized carbons (Fsp3) is 0.722. The van der Waals surface area contributed by atoms with Gasteiger partial charge in [0.15, 0.2) is 0 Å². The number of nitrogens with two attached hydrogens (primary N) is 1. The molecule has 3 rings (SSSR count). The van der Waals surface area contributed by atoms with E-state index in [0.717, 1.165) is 77.3 Å². The number of amides is 1. The average molecular weight is 347 g/mol. The Hall–Kier alpha value is -1.73. The van der Waals surface area contributed by atoms with E-state index in [0.29, 0.717) is 24.1 Å². The van der Waals surface area contributed by atoms with E-state index in [4.69, 9.17) is 10.5 Å². The first-order valence-electron chi connectivity index (χ1n) is 9.35. The molecule has 2 saturated heterocycles. The molecule has 3 heterocycles. The molecule has 25 heavy (non-hydrogen) atoms. The molecule has 0 spiro atoms. The van der Waals surface area contributed by atoms with Crippen molar-refractivity contribution >= 4 is 11.7 Å². The van der Waals surface area contributed by atoms with Crippen molar-refractivity contribution in [2.24, 2.45) is 5.92 Å². The summed E-state index contributed by atoms with van der Waals surface area (Å²) in [6.07, 6.45) is 8.17. The highest BCUT2D eigenvalue weighted by Crippen LogP contribution is 2.21. The van der Waals surface area contributed by atoms with Crippen molar-refractivity contribution < 1.29 is 9.53 Å². The van der Waals surface area contributed by atoms with Crippen LogP contribution in [-0.2, 0) is 16.0 Å². The van der Waals surface area contributed by atoms with Gasteiger partial charge in [0.25, 0.3) is 0 Å². The second kappa shape index (κ2) is 9.10. The van der Waals surface area contributed by atoms with Gasteiger partial charge in [-0.2, -0.15) is 0 Å². The first-order valence-corrected chi connectivity index (χ1v) is 9.35. The van der Waals surface area contributed by atoms with E-state index < -0.39 is 0 Å². The topological polar surface area (TPSA) is 84.6 Å². The van der Waals surface area contributed by atoms with Crippen LogP contribution in [0.1, 0.15) is 31.4 Å². The summed E-state index contributed by atoms with van der Waals surface area (Å²) >= 11 is 0. The Labute approximate surface area is 149 Å². The zero-order valence-electron chi connectivity index (χ0n) is 14.9. The fourth-order valence-electron chi connectivity index (χ4n) is 3.62. The molecule has 1 amide bonds. The minimum atomic E-state index is 0.291. The summed E-state index contributed by atoms with van der Waals surface area (Å²) < 4.78 is 5.35. The van der Waals surface area contributed by atoms with E-state index in [9.17, 15) is 4.79 Å². The third kappa shape index (κ3) is 5.64. The second-order valence-corrected chi connectivity index (χ2v) is 7.02. The maximum absolute atomic E-state index is 12.5. The van der Waals surface area contributed by atoms with Crippen molar-refractivity contribution in [1.82, 2.24) is 19.8 Å². The summed E-state index contributed by atoms with van der Waals surface area (Å²) in [5, 5.41) is 0. The predicted octanol–water partition coefficient (Wildman–Crippen LogP) is 0.952. The fourth-order valence-corrected chi connectivity index (χ4v) is 3.62. The Morgan fingerprint density at radius 1 is 1.16 bits per heavy atom. The number of morpholine rings is 1. The predicted molar refractivity (Wildman–Crippen MR) is 95.9 cm³/mol. The van der Waals surface area contributed by atoms with Gasteiger partial charge < -0.3 is 15.4 Å². The van der Waals surface area contributed by atoms with Crippen LogP contribution in [0.3, 0.4) is 0 Å². The maximum Gasteiger partial charge on any atom is 0.223 e. The lowest BCUT2D eigenvalue weighted by Gasteiger charge is -2.27. The van der Waals surface area contributed by atoms with Crippen LogP contribution in [0.15, 0.2) is 12.4 Å². The molecule has 7 heteroatoms. The number of hydrogen-bond donors (Lipinski definition) is 1. The number of aromatic nitrogens is 2. The molecule has 1 aromatic heterocycles. The van der Waals surface area contributed by atoms with Crippen LogP contribution >= 0.6 is 0 Å². The summed E-state index contributed by atoms with van der Waals surface area (Å²) in [7, 11) is 0. The van der Waals surface area contributed by atoms with Crippen molar-refractivity contribution in [3.05, 3.63) is 18.1 Å². The molecule has 0 saturated carbocycles. The molecule has 0 bridgehead atoms. The van der Waals surface area contributed by atoms with Crippen LogP contribution in [0.5, 0.6) is 0 Å².